The molecule has 8 aromatic carbocycles. The summed E-state index contributed by atoms with van der Waals surface area (Å²) in [6, 6.07) is 59.3. The highest BCUT2D eigenvalue weighted by atomic mass is 15.1. The summed E-state index contributed by atoms with van der Waals surface area (Å²) in [6.07, 6.45) is 0. The van der Waals surface area contributed by atoms with Crippen molar-refractivity contribution in [2.45, 2.75) is 0 Å². The molecule has 0 saturated heterocycles. The summed E-state index contributed by atoms with van der Waals surface area (Å²) in [5.74, 6) is 0. The molecule has 41 heavy (non-hydrogen) atoms. The molecular formula is C40H27N. The molecule has 0 aliphatic heterocycles. The Balaban J connectivity index is 1.28. The van der Waals surface area contributed by atoms with Crippen molar-refractivity contribution in [2.75, 3.05) is 4.90 Å². The zero-order valence-electron chi connectivity index (χ0n) is 22.5. The van der Waals surface area contributed by atoms with Crippen LogP contribution in [0.1, 0.15) is 0 Å². The topological polar surface area (TPSA) is 3.24 Å². The van der Waals surface area contributed by atoms with Crippen molar-refractivity contribution >= 4 is 60.2 Å². The van der Waals surface area contributed by atoms with Crippen molar-refractivity contribution in [3.05, 3.63) is 164 Å². The van der Waals surface area contributed by atoms with Gasteiger partial charge in [-0.1, -0.05) is 127 Å². The maximum absolute atomic E-state index is 2.38. The first-order valence-electron chi connectivity index (χ1n) is 14.1. The monoisotopic (exact) mass is 521 g/mol. The van der Waals surface area contributed by atoms with Crippen LogP contribution in [0.15, 0.2) is 164 Å². The largest absolute Gasteiger partial charge is 0.310 e. The van der Waals surface area contributed by atoms with E-state index in [2.05, 4.69) is 169 Å². The maximum atomic E-state index is 2.38. The van der Waals surface area contributed by atoms with Gasteiger partial charge in [0.2, 0.25) is 0 Å². The fourth-order valence-electron chi connectivity index (χ4n) is 6.21. The number of benzene rings is 8. The van der Waals surface area contributed by atoms with Crippen LogP contribution in [0.4, 0.5) is 17.1 Å². The number of fused-ring (bicyclic) bond motifs is 6. The molecule has 0 aliphatic rings. The Labute approximate surface area is 239 Å². The lowest BCUT2D eigenvalue weighted by Gasteiger charge is -2.27. The average Bonchev–Trinajstić information content (AvgIpc) is 3.05. The first kappa shape index (κ1) is 23.5. The molecule has 1 heteroatoms. The van der Waals surface area contributed by atoms with Crippen molar-refractivity contribution in [3.8, 4) is 11.1 Å². The number of anilines is 3. The van der Waals surface area contributed by atoms with Gasteiger partial charge in [0.15, 0.2) is 0 Å². The zero-order chi connectivity index (χ0) is 27.2. The predicted octanol–water partition coefficient (Wildman–Crippen LogP) is 11.4. The first-order chi connectivity index (χ1) is 20.3. The van der Waals surface area contributed by atoms with Crippen LogP contribution >= 0.6 is 0 Å². The van der Waals surface area contributed by atoms with E-state index < -0.39 is 0 Å². The van der Waals surface area contributed by atoms with Gasteiger partial charge in [-0.05, 0) is 85.2 Å². The summed E-state index contributed by atoms with van der Waals surface area (Å²) in [4.78, 5) is 2.38. The maximum Gasteiger partial charge on any atom is 0.0546 e. The van der Waals surface area contributed by atoms with Gasteiger partial charge < -0.3 is 4.90 Å². The van der Waals surface area contributed by atoms with E-state index in [9.17, 15) is 0 Å². The van der Waals surface area contributed by atoms with Crippen molar-refractivity contribution < 1.29 is 0 Å². The van der Waals surface area contributed by atoms with Crippen LogP contribution < -0.4 is 4.90 Å². The van der Waals surface area contributed by atoms with E-state index in [4.69, 9.17) is 0 Å². The molecule has 0 aliphatic carbocycles. The summed E-state index contributed by atoms with van der Waals surface area (Å²) in [6.45, 7) is 0. The smallest absolute Gasteiger partial charge is 0.0546 e. The zero-order valence-corrected chi connectivity index (χ0v) is 22.5. The molecule has 0 radical (unpaired) electrons. The van der Waals surface area contributed by atoms with Crippen molar-refractivity contribution in [2.24, 2.45) is 0 Å². The predicted molar refractivity (Wildman–Crippen MR) is 177 cm³/mol. The van der Waals surface area contributed by atoms with Crippen LogP contribution in [-0.4, -0.2) is 0 Å². The number of hydrogen-bond donors (Lipinski definition) is 0. The van der Waals surface area contributed by atoms with E-state index in [1.165, 1.54) is 59.9 Å². The lowest BCUT2D eigenvalue weighted by atomic mass is 9.96. The summed E-state index contributed by atoms with van der Waals surface area (Å²) >= 11 is 0. The number of hydrogen-bond acceptors (Lipinski definition) is 1. The van der Waals surface area contributed by atoms with Crippen molar-refractivity contribution in [3.63, 3.8) is 0 Å². The number of nitrogens with zero attached hydrogens (tertiary/aromatic N) is 1. The van der Waals surface area contributed by atoms with Gasteiger partial charge in [-0.25, -0.2) is 0 Å². The van der Waals surface area contributed by atoms with Crippen LogP contribution in [0.2, 0.25) is 0 Å². The lowest BCUT2D eigenvalue weighted by Crippen LogP contribution is -2.10. The average molecular weight is 522 g/mol. The van der Waals surface area contributed by atoms with Gasteiger partial charge in [-0.15, -0.1) is 0 Å². The SMILES string of the molecule is c1ccc(N(c2ccc(-c3ccc4ccc5ccccc5c4c3)cc2)c2cc3ccccc3c3ccccc23)cc1. The first-order valence-corrected chi connectivity index (χ1v) is 14.1. The van der Waals surface area contributed by atoms with Crippen LogP contribution in [0.3, 0.4) is 0 Å². The van der Waals surface area contributed by atoms with Crippen LogP contribution in [0.5, 0.6) is 0 Å². The fraction of sp³-hybridized carbons (Fsp3) is 0. The highest BCUT2D eigenvalue weighted by molar-refractivity contribution is 6.14. The van der Waals surface area contributed by atoms with E-state index in [1.807, 2.05) is 0 Å². The molecule has 192 valence electrons. The van der Waals surface area contributed by atoms with Crippen LogP contribution in [-0.2, 0) is 0 Å². The summed E-state index contributed by atoms with van der Waals surface area (Å²) < 4.78 is 0. The molecule has 8 rings (SSSR count). The van der Waals surface area contributed by atoms with Crippen LogP contribution in [0.25, 0.3) is 54.2 Å². The van der Waals surface area contributed by atoms with Gasteiger partial charge in [0.25, 0.3) is 0 Å². The number of rotatable bonds is 4. The van der Waals surface area contributed by atoms with Gasteiger partial charge in [0.05, 0.1) is 5.69 Å². The van der Waals surface area contributed by atoms with Crippen molar-refractivity contribution in [1.82, 2.24) is 0 Å². The minimum absolute atomic E-state index is 1.13. The molecule has 0 spiro atoms. The second-order valence-corrected chi connectivity index (χ2v) is 10.6. The lowest BCUT2D eigenvalue weighted by molar-refractivity contribution is 1.30. The van der Waals surface area contributed by atoms with Gasteiger partial charge in [-0.2, -0.15) is 0 Å². The Morgan fingerprint density at radius 3 is 1.56 bits per heavy atom. The minimum atomic E-state index is 1.13. The van der Waals surface area contributed by atoms with E-state index in [-0.39, 0.29) is 0 Å². The molecule has 0 aromatic heterocycles. The molecule has 0 N–H and O–H groups in total. The highest BCUT2D eigenvalue weighted by Gasteiger charge is 2.17. The Morgan fingerprint density at radius 2 is 0.805 bits per heavy atom. The molecule has 0 atom stereocenters. The summed E-state index contributed by atoms with van der Waals surface area (Å²) in [5.41, 5.74) is 5.88. The third kappa shape index (κ3) is 4.02. The molecule has 0 saturated carbocycles. The van der Waals surface area contributed by atoms with Gasteiger partial charge in [-0.3, -0.25) is 0 Å². The van der Waals surface area contributed by atoms with E-state index in [1.54, 1.807) is 0 Å². The van der Waals surface area contributed by atoms with E-state index >= 15 is 0 Å². The molecule has 0 bridgehead atoms. The summed E-state index contributed by atoms with van der Waals surface area (Å²) in [7, 11) is 0. The fourth-order valence-corrected chi connectivity index (χ4v) is 6.21. The van der Waals surface area contributed by atoms with Gasteiger partial charge >= 0.3 is 0 Å². The standard InChI is InChI=1S/C40H27N/c1-2-12-33(13-3-1)41(40-27-32-11-5-7-15-36(32)37-16-8-9-17-38(37)40)34-24-22-28(23-25-34)31-21-20-30-19-18-29-10-4-6-14-35(29)39(30)26-31/h1-27H. The molecular weight excluding hydrogens is 494 g/mol. The Bertz CT molecular complexity index is 2190. The molecule has 0 amide bonds. The normalized spacial score (nSPS) is 11.4. The number of para-hydroxylation sites is 1. The minimum Gasteiger partial charge on any atom is -0.310 e. The molecule has 0 fully saturated rings. The van der Waals surface area contributed by atoms with Gasteiger partial charge in [0.1, 0.15) is 0 Å². The summed E-state index contributed by atoms with van der Waals surface area (Å²) in [5, 5.41) is 10.1. The highest BCUT2D eigenvalue weighted by Crippen LogP contribution is 2.42. The quantitative estimate of drug-likeness (QED) is 0.208. The van der Waals surface area contributed by atoms with E-state index in [0.29, 0.717) is 0 Å². The molecule has 0 heterocycles. The third-order valence-electron chi connectivity index (χ3n) is 8.21. The third-order valence-corrected chi connectivity index (χ3v) is 8.21. The molecule has 0 unspecified atom stereocenters. The van der Waals surface area contributed by atoms with Crippen LogP contribution in [0, 0.1) is 0 Å². The second-order valence-electron chi connectivity index (χ2n) is 10.6. The Hall–Kier alpha value is -5.40. The van der Waals surface area contributed by atoms with Gasteiger partial charge in [0, 0.05) is 16.8 Å². The molecule has 8 aromatic rings. The molecule has 1 nitrogen and oxygen atoms in total. The van der Waals surface area contributed by atoms with E-state index in [0.717, 1.165) is 11.4 Å². The second kappa shape index (κ2) is 9.66. The van der Waals surface area contributed by atoms with Crippen molar-refractivity contribution in [1.29, 1.82) is 0 Å². The Morgan fingerprint density at radius 1 is 0.293 bits per heavy atom. The Kier molecular flexibility index (Phi) is 5.53.